The Morgan fingerprint density at radius 1 is 1.12 bits per heavy atom. The zero-order chi connectivity index (χ0) is 23.6. The lowest BCUT2D eigenvalue weighted by Crippen LogP contribution is -2.27. The van der Waals surface area contributed by atoms with Crippen molar-refractivity contribution in [2.24, 2.45) is 4.36 Å². The van der Waals surface area contributed by atoms with Crippen molar-refractivity contribution in [1.82, 2.24) is 19.9 Å². The summed E-state index contributed by atoms with van der Waals surface area (Å²) in [5.74, 6) is 1.47. The Labute approximate surface area is 194 Å². The third-order valence-electron chi connectivity index (χ3n) is 5.31. The number of rotatable bonds is 6. The van der Waals surface area contributed by atoms with Gasteiger partial charge < -0.3 is 15.5 Å². The number of anilines is 4. The number of nitriles is 1. The van der Waals surface area contributed by atoms with Crippen LogP contribution in [0.4, 0.5) is 29.1 Å². The minimum atomic E-state index is -2.34. The molecule has 0 saturated heterocycles. The van der Waals surface area contributed by atoms with E-state index in [1.165, 1.54) is 17.3 Å². The average molecular weight is 463 g/mol. The highest BCUT2D eigenvalue weighted by Gasteiger charge is 2.23. The van der Waals surface area contributed by atoms with Crippen molar-refractivity contribution in [3.63, 3.8) is 0 Å². The van der Waals surface area contributed by atoms with Crippen LogP contribution in [0, 0.1) is 11.3 Å². The molecule has 33 heavy (non-hydrogen) atoms. The number of benzene rings is 1. The lowest BCUT2D eigenvalue weighted by Gasteiger charge is -2.17. The molecule has 9 nitrogen and oxygen atoms in total. The molecule has 2 N–H and O–H groups in total. The Kier molecular flexibility index (Phi) is 6.26. The monoisotopic (exact) mass is 462 g/mol. The van der Waals surface area contributed by atoms with Gasteiger partial charge in [0.2, 0.25) is 5.95 Å². The molecule has 1 unspecified atom stereocenters. The quantitative estimate of drug-likeness (QED) is 0.570. The third kappa shape index (κ3) is 5.63. The van der Waals surface area contributed by atoms with E-state index >= 15 is 0 Å². The van der Waals surface area contributed by atoms with Gasteiger partial charge in [-0.1, -0.05) is 12.1 Å². The molecule has 0 aliphatic heterocycles. The molecule has 1 atom stereocenters. The fourth-order valence-electron chi connectivity index (χ4n) is 3.68. The molecule has 3 aromatic rings. The Hall–Kier alpha value is -3.55. The van der Waals surface area contributed by atoms with E-state index in [9.17, 15) is 9.47 Å². The van der Waals surface area contributed by atoms with Crippen LogP contribution < -0.4 is 10.6 Å². The largest absolute Gasteiger partial charge is 0.324 e. The summed E-state index contributed by atoms with van der Waals surface area (Å²) in [5.41, 5.74) is 3.85. The fraction of sp³-hybridized carbons (Fsp3) is 0.304. The maximum Gasteiger partial charge on any atom is 0.229 e. The van der Waals surface area contributed by atoms with E-state index in [1.54, 1.807) is 30.7 Å². The summed E-state index contributed by atoms with van der Waals surface area (Å²) in [6.07, 6.45) is 6.61. The highest BCUT2D eigenvalue weighted by Crippen LogP contribution is 2.28. The molecular weight excluding hydrogens is 436 g/mol. The smallest absolute Gasteiger partial charge is 0.229 e. The van der Waals surface area contributed by atoms with Crippen molar-refractivity contribution in [2.75, 3.05) is 37.2 Å². The zero-order valence-corrected chi connectivity index (χ0v) is 19.8. The molecule has 0 bridgehead atoms. The maximum absolute atomic E-state index is 12.0. The standard InChI is InChI=1S/C23H26N8OS/c1-31(2)19-11-15-8-9-18(10-16(15)12-19)26-23-25-14-17(13-24)22(29-23)28-20-6-5-7-21(27-20)30-33(3,4)32/h5-10,14,19H,11-12H2,1-4H3,(H2,25,26,27,28,29). The average Bonchev–Trinajstić information content (AvgIpc) is 3.17. The second-order valence-corrected chi connectivity index (χ2v) is 11.0. The van der Waals surface area contributed by atoms with Gasteiger partial charge in [-0.3, -0.25) is 0 Å². The summed E-state index contributed by atoms with van der Waals surface area (Å²) in [5, 5.41) is 15.8. The van der Waals surface area contributed by atoms with Crippen molar-refractivity contribution in [1.29, 1.82) is 5.26 Å². The van der Waals surface area contributed by atoms with Crippen LogP contribution in [-0.2, 0) is 22.6 Å². The van der Waals surface area contributed by atoms with E-state index in [1.807, 2.05) is 6.07 Å². The van der Waals surface area contributed by atoms with Crippen LogP contribution in [0.15, 0.2) is 47.0 Å². The van der Waals surface area contributed by atoms with Crippen LogP contribution >= 0.6 is 0 Å². The van der Waals surface area contributed by atoms with Crippen molar-refractivity contribution in [3.8, 4) is 6.07 Å². The molecule has 0 saturated carbocycles. The fourth-order valence-corrected chi connectivity index (χ4v) is 4.23. The summed E-state index contributed by atoms with van der Waals surface area (Å²) < 4.78 is 16.1. The highest BCUT2D eigenvalue weighted by molar-refractivity contribution is 7.92. The zero-order valence-electron chi connectivity index (χ0n) is 19.0. The van der Waals surface area contributed by atoms with Gasteiger partial charge in [0.15, 0.2) is 11.6 Å². The number of hydrogen-bond acceptors (Lipinski definition) is 9. The van der Waals surface area contributed by atoms with E-state index in [2.05, 4.69) is 67.1 Å². The first-order valence-corrected chi connectivity index (χ1v) is 12.8. The van der Waals surface area contributed by atoms with Gasteiger partial charge in [-0.05, 0) is 62.3 Å². The summed E-state index contributed by atoms with van der Waals surface area (Å²) in [4.78, 5) is 15.4. The van der Waals surface area contributed by atoms with E-state index in [0.29, 0.717) is 29.4 Å². The SMILES string of the molecule is CN(C)C1Cc2ccc(Nc3ncc(C#N)c(Nc4cccc(N=S(C)(C)=O)n4)n3)cc2C1. The van der Waals surface area contributed by atoms with Gasteiger partial charge in [0, 0.05) is 34.0 Å². The Morgan fingerprint density at radius 2 is 1.91 bits per heavy atom. The van der Waals surface area contributed by atoms with Crippen LogP contribution in [-0.4, -0.2) is 56.7 Å². The molecule has 0 fully saturated rings. The first-order valence-electron chi connectivity index (χ1n) is 10.4. The van der Waals surface area contributed by atoms with Crippen molar-refractivity contribution in [2.45, 2.75) is 18.9 Å². The van der Waals surface area contributed by atoms with E-state index in [4.69, 9.17) is 0 Å². The van der Waals surface area contributed by atoms with Gasteiger partial charge in [0.1, 0.15) is 17.5 Å². The molecular formula is C23H26N8OS. The number of fused-ring (bicyclic) bond motifs is 1. The van der Waals surface area contributed by atoms with Crippen LogP contribution in [0.5, 0.6) is 0 Å². The van der Waals surface area contributed by atoms with Crippen molar-refractivity contribution >= 4 is 38.8 Å². The van der Waals surface area contributed by atoms with Gasteiger partial charge in [-0.25, -0.2) is 14.2 Å². The molecule has 0 radical (unpaired) electrons. The maximum atomic E-state index is 12.0. The molecule has 0 spiro atoms. The number of nitrogens with zero attached hydrogens (tertiary/aromatic N) is 6. The minimum absolute atomic E-state index is 0.280. The number of hydrogen-bond donors (Lipinski definition) is 2. The molecule has 1 aromatic carbocycles. The minimum Gasteiger partial charge on any atom is -0.324 e. The van der Waals surface area contributed by atoms with Gasteiger partial charge in [0.05, 0.1) is 6.20 Å². The van der Waals surface area contributed by atoms with Crippen molar-refractivity contribution in [3.05, 3.63) is 59.3 Å². The van der Waals surface area contributed by atoms with Crippen LogP contribution in [0.25, 0.3) is 0 Å². The first-order chi connectivity index (χ1) is 15.7. The van der Waals surface area contributed by atoms with Crippen molar-refractivity contribution < 1.29 is 4.21 Å². The summed E-state index contributed by atoms with van der Waals surface area (Å²) >= 11 is 0. The lowest BCUT2D eigenvalue weighted by atomic mass is 10.1. The third-order valence-corrected chi connectivity index (χ3v) is 5.93. The molecule has 170 valence electrons. The number of nitrogens with one attached hydrogen (secondary N) is 2. The van der Waals surface area contributed by atoms with Gasteiger partial charge >= 0.3 is 0 Å². The topological polar surface area (TPSA) is 119 Å². The second-order valence-electron chi connectivity index (χ2n) is 8.48. The van der Waals surface area contributed by atoms with Gasteiger partial charge in [-0.15, -0.1) is 0 Å². The van der Waals surface area contributed by atoms with Gasteiger partial charge in [-0.2, -0.15) is 14.6 Å². The Bertz CT molecular complexity index is 1350. The highest BCUT2D eigenvalue weighted by atomic mass is 32.2. The molecule has 1 aliphatic rings. The summed E-state index contributed by atoms with van der Waals surface area (Å²) in [7, 11) is 1.88. The molecule has 2 aromatic heterocycles. The summed E-state index contributed by atoms with van der Waals surface area (Å²) in [6, 6.07) is 14.0. The van der Waals surface area contributed by atoms with Gasteiger partial charge in [0.25, 0.3) is 0 Å². The van der Waals surface area contributed by atoms with E-state index in [0.717, 1.165) is 18.5 Å². The van der Waals surface area contributed by atoms with Crippen LogP contribution in [0.3, 0.4) is 0 Å². The predicted molar refractivity (Wildman–Crippen MR) is 131 cm³/mol. The number of aromatic nitrogens is 3. The molecule has 4 rings (SSSR count). The number of likely N-dealkylation sites (N-methyl/N-ethyl adjacent to an activating group) is 1. The van der Waals surface area contributed by atoms with Crippen LogP contribution in [0.1, 0.15) is 16.7 Å². The molecule has 1 aliphatic carbocycles. The Morgan fingerprint density at radius 3 is 2.64 bits per heavy atom. The number of pyridine rings is 1. The van der Waals surface area contributed by atoms with E-state index < -0.39 is 9.73 Å². The molecule has 0 amide bonds. The predicted octanol–water partition coefficient (Wildman–Crippen LogP) is 3.62. The normalized spacial score (nSPS) is 15.1. The van der Waals surface area contributed by atoms with Crippen LogP contribution in [0.2, 0.25) is 0 Å². The second kappa shape index (κ2) is 9.13. The lowest BCUT2D eigenvalue weighted by molar-refractivity contribution is 0.303. The first kappa shape index (κ1) is 22.6. The summed E-state index contributed by atoms with van der Waals surface area (Å²) in [6.45, 7) is 0. The van der Waals surface area contributed by atoms with E-state index in [-0.39, 0.29) is 5.56 Å². The molecule has 2 heterocycles. The Balaban J connectivity index is 1.57. The molecule has 10 heteroatoms.